The van der Waals surface area contributed by atoms with Crippen LogP contribution >= 0.6 is 34.7 Å². The zero-order valence-electron chi connectivity index (χ0n) is 16.0. The molecular formula is C20H15ClF3N3O3S2. The summed E-state index contributed by atoms with van der Waals surface area (Å²) in [5.74, 6) is -7.42. The lowest BCUT2D eigenvalue weighted by Gasteiger charge is -2.44. The maximum absolute atomic E-state index is 14.2. The Kier molecular flexibility index (Phi) is 7.00. The molecule has 3 N–H and O–H groups in total. The minimum atomic E-state index is -5.37. The lowest BCUT2D eigenvalue weighted by atomic mass is 9.68. The molecule has 1 amide bonds. The fraction of sp³-hybridized carbons (Fsp3) is 0.300. The number of rotatable bonds is 5. The van der Waals surface area contributed by atoms with E-state index >= 15 is 0 Å². The number of thiophene rings is 1. The fourth-order valence-electron chi connectivity index (χ4n) is 3.57. The van der Waals surface area contributed by atoms with Gasteiger partial charge in [-0.15, -0.1) is 11.3 Å². The molecule has 1 aliphatic heterocycles. The van der Waals surface area contributed by atoms with Gasteiger partial charge in [0.2, 0.25) is 5.91 Å². The summed E-state index contributed by atoms with van der Waals surface area (Å²) in [6, 6.07) is 10.5. The van der Waals surface area contributed by atoms with E-state index in [1.165, 1.54) is 35.7 Å². The van der Waals surface area contributed by atoms with Gasteiger partial charge in [0.25, 0.3) is 5.72 Å². The fourth-order valence-corrected chi connectivity index (χ4v) is 5.41. The summed E-state index contributed by atoms with van der Waals surface area (Å²) in [4.78, 5) is 27.9. The molecule has 1 aliphatic rings. The van der Waals surface area contributed by atoms with E-state index in [-0.39, 0.29) is 15.5 Å². The zero-order chi connectivity index (χ0) is 23.7. The average Bonchev–Trinajstić information content (AvgIpc) is 3.26. The van der Waals surface area contributed by atoms with E-state index in [0.717, 1.165) is 11.3 Å². The van der Waals surface area contributed by atoms with E-state index in [4.69, 9.17) is 17.3 Å². The lowest BCUT2D eigenvalue weighted by molar-refractivity contribution is -0.274. The van der Waals surface area contributed by atoms with Crippen LogP contribution < -0.4 is 5.73 Å². The van der Waals surface area contributed by atoms with E-state index in [0.29, 0.717) is 11.8 Å². The van der Waals surface area contributed by atoms with Crippen molar-refractivity contribution in [2.24, 2.45) is 22.6 Å². The zero-order valence-corrected chi connectivity index (χ0v) is 18.4. The lowest BCUT2D eigenvalue weighted by Crippen LogP contribution is -2.59. The molecule has 1 unspecified atom stereocenters. The number of halogens is 4. The molecule has 0 spiro atoms. The van der Waals surface area contributed by atoms with Crippen LogP contribution in [0.25, 0.3) is 0 Å². The van der Waals surface area contributed by atoms with Crippen molar-refractivity contribution in [3.63, 3.8) is 0 Å². The number of nitriles is 1. The van der Waals surface area contributed by atoms with Gasteiger partial charge < -0.3 is 10.8 Å². The Morgan fingerprint density at radius 3 is 2.53 bits per heavy atom. The average molecular weight is 502 g/mol. The van der Waals surface area contributed by atoms with Crippen molar-refractivity contribution < 1.29 is 27.9 Å². The molecule has 1 aromatic heterocycles. The van der Waals surface area contributed by atoms with Gasteiger partial charge in [0.1, 0.15) is 5.92 Å². The van der Waals surface area contributed by atoms with Crippen molar-refractivity contribution in [3.05, 3.63) is 57.2 Å². The Hall–Kier alpha value is -2.39. The first kappa shape index (κ1) is 24.3. The first-order valence-electron chi connectivity index (χ1n) is 9.03. The van der Waals surface area contributed by atoms with Crippen molar-refractivity contribution in [2.45, 2.75) is 17.8 Å². The number of nitrogens with two attached hydrogens (primary N) is 1. The Balaban J connectivity index is 2.31. The molecular weight excluding hydrogens is 487 g/mol. The number of ketones is 1. The summed E-state index contributed by atoms with van der Waals surface area (Å²) in [5, 5.41) is 21.8. The van der Waals surface area contributed by atoms with Crippen LogP contribution in [-0.2, 0) is 4.79 Å². The van der Waals surface area contributed by atoms with Gasteiger partial charge in [-0.3, -0.25) is 9.59 Å². The maximum atomic E-state index is 14.2. The molecule has 2 heterocycles. The van der Waals surface area contributed by atoms with Crippen LogP contribution in [0.2, 0.25) is 5.02 Å². The van der Waals surface area contributed by atoms with Crippen molar-refractivity contribution in [2.75, 3.05) is 5.75 Å². The molecule has 0 radical (unpaired) electrons. The van der Waals surface area contributed by atoms with Crippen molar-refractivity contribution >= 4 is 51.4 Å². The monoisotopic (exact) mass is 501 g/mol. The summed E-state index contributed by atoms with van der Waals surface area (Å²) in [6.45, 7) is 0. The summed E-state index contributed by atoms with van der Waals surface area (Å²) in [6.07, 6.45) is -5.37. The van der Waals surface area contributed by atoms with E-state index in [2.05, 4.69) is 4.99 Å². The molecule has 0 saturated heterocycles. The molecule has 3 rings (SSSR count). The molecule has 32 heavy (non-hydrogen) atoms. The number of carbonyl (C=O) groups is 2. The van der Waals surface area contributed by atoms with Crippen LogP contribution in [0.15, 0.2) is 46.8 Å². The van der Waals surface area contributed by atoms with E-state index < -0.39 is 52.1 Å². The van der Waals surface area contributed by atoms with Gasteiger partial charge in [-0.1, -0.05) is 47.6 Å². The highest BCUT2D eigenvalue weighted by atomic mass is 35.5. The molecule has 1 aromatic carbocycles. The second kappa shape index (κ2) is 9.23. The van der Waals surface area contributed by atoms with Crippen LogP contribution in [-0.4, -0.2) is 39.5 Å². The number of hydrogen-bond donors (Lipinski definition) is 2. The number of thioether (sulfide) groups is 1. The van der Waals surface area contributed by atoms with Crippen molar-refractivity contribution in [1.29, 1.82) is 5.26 Å². The first-order chi connectivity index (χ1) is 15.0. The Bertz CT molecular complexity index is 1100. The van der Waals surface area contributed by atoms with Gasteiger partial charge in [0.05, 0.1) is 27.7 Å². The highest BCUT2D eigenvalue weighted by Crippen LogP contribution is 2.53. The number of primary amides is 1. The van der Waals surface area contributed by atoms with Gasteiger partial charge in [-0.25, -0.2) is 4.99 Å². The Morgan fingerprint density at radius 2 is 2.00 bits per heavy atom. The minimum Gasteiger partial charge on any atom is -0.369 e. The largest absolute Gasteiger partial charge is 0.439 e. The van der Waals surface area contributed by atoms with Crippen LogP contribution in [0.4, 0.5) is 13.2 Å². The van der Waals surface area contributed by atoms with Gasteiger partial charge in [-0.2, -0.15) is 18.4 Å². The molecule has 12 heteroatoms. The minimum absolute atomic E-state index is 0.0207. The summed E-state index contributed by atoms with van der Waals surface area (Å²) < 4.78 is 42.7. The van der Waals surface area contributed by atoms with Crippen LogP contribution in [0.3, 0.4) is 0 Å². The molecule has 0 fully saturated rings. The number of benzene rings is 1. The second-order valence-corrected chi connectivity index (χ2v) is 9.25. The van der Waals surface area contributed by atoms with Crippen molar-refractivity contribution in [3.8, 4) is 6.07 Å². The number of alkyl halides is 3. The third kappa shape index (κ3) is 4.41. The molecule has 168 valence electrons. The van der Waals surface area contributed by atoms with Gasteiger partial charge in [-0.05, 0) is 23.1 Å². The smallest absolute Gasteiger partial charge is 0.369 e. The Morgan fingerprint density at radius 1 is 1.31 bits per heavy atom. The van der Waals surface area contributed by atoms with E-state index in [1.807, 2.05) is 6.07 Å². The highest BCUT2D eigenvalue weighted by Gasteiger charge is 2.67. The predicted molar refractivity (Wildman–Crippen MR) is 116 cm³/mol. The number of hydrogen-bond acceptors (Lipinski definition) is 7. The predicted octanol–water partition coefficient (Wildman–Crippen LogP) is 4.01. The van der Waals surface area contributed by atoms with Crippen LogP contribution in [0, 0.1) is 23.2 Å². The van der Waals surface area contributed by atoms with E-state index in [9.17, 15) is 33.1 Å². The molecule has 2 aromatic rings. The molecule has 0 aliphatic carbocycles. The number of aliphatic hydroxyl groups is 1. The van der Waals surface area contributed by atoms with E-state index in [1.54, 1.807) is 6.07 Å². The number of nitrogens with zero attached hydrogens (tertiary/aromatic N) is 2. The van der Waals surface area contributed by atoms with Crippen LogP contribution in [0.5, 0.6) is 0 Å². The number of amides is 1. The Labute approximate surface area is 193 Å². The standard InChI is InChI=1S/C20H15ClF3N3O3S2/c21-12-5-2-1-4-10(12)15-11(8-25)18(32-9-14(26)28)27-19(30,20(22,23)24)16(15)17(29)13-6-3-7-31-13/h1-7,11,15-16,30H,9H2,(H2,26,28)/t11?,15-,16-,19+/m1/s1. The molecule has 0 bridgehead atoms. The topological polar surface area (TPSA) is 117 Å². The van der Waals surface area contributed by atoms with Gasteiger partial charge in [0, 0.05) is 10.9 Å². The SMILES string of the molecule is N#CC1C(SCC(N)=O)=N[C@@](O)(C(F)(F)F)[C@@H](C(=O)c2cccs2)[C@@H]1c1ccccc1Cl. The summed E-state index contributed by atoms with van der Waals surface area (Å²) in [7, 11) is 0. The quantitative estimate of drug-likeness (QED) is 0.600. The summed E-state index contributed by atoms with van der Waals surface area (Å²) >= 11 is 7.67. The summed E-state index contributed by atoms with van der Waals surface area (Å²) in [5.41, 5.74) is 1.32. The first-order valence-corrected chi connectivity index (χ1v) is 11.3. The van der Waals surface area contributed by atoms with Gasteiger partial charge in [0.15, 0.2) is 5.78 Å². The third-order valence-corrected chi connectivity index (χ3v) is 7.23. The number of Topliss-reactive ketones (excluding diaryl/α,β-unsaturated/α-hetero) is 1. The van der Waals surface area contributed by atoms with Gasteiger partial charge >= 0.3 is 6.18 Å². The van der Waals surface area contributed by atoms with Crippen LogP contribution in [0.1, 0.15) is 21.2 Å². The molecule has 0 saturated carbocycles. The third-order valence-electron chi connectivity index (χ3n) is 4.93. The highest BCUT2D eigenvalue weighted by molar-refractivity contribution is 8.14. The second-order valence-electron chi connectivity index (χ2n) is 6.90. The number of carbonyl (C=O) groups excluding carboxylic acids is 2. The number of aliphatic imine (C=N–C) groups is 1. The molecule has 4 atom stereocenters. The maximum Gasteiger partial charge on any atom is 0.439 e. The molecule has 6 nitrogen and oxygen atoms in total. The normalized spacial score (nSPS) is 25.6. The van der Waals surface area contributed by atoms with Crippen molar-refractivity contribution in [1.82, 2.24) is 0 Å².